The normalized spacial score (nSPS) is 12.7. The van der Waals surface area contributed by atoms with Crippen LogP contribution in [0, 0.1) is 0 Å². The minimum absolute atomic E-state index is 0.209. The van der Waals surface area contributed by atoms with Crippen LogP contribution in [0.25, 0.3) is 17.5 Å². The quantitative estimate of drug-likeness (QED) is 0.308. The van der Waals surface area contributed by atoms with E-state index >= 15 is 0 Å². The van der Waals surface area contributed by atoms with Crippen molar-refractivity contribution in [3.63, 3.8) is 0 Å². The van der Waals surface area contributed by atoms with Gasteiger partial charge in [-0.25, -0.2) is 4.98 Å². The third-order valence-corrected chi connectivity index (χ3v) is 6.01. The van der Waals surface area contributed by atoms with E-state index in [0.29, 0.717) is 31.3 Å². The maximum atomic E-state index is 11.0. The highest BCUT2D eigenvalue weighted by molar-refractivity contribution is 5.63. The van der Waals surface area contributed by atoms with Crippen LogP contribution < -0.4 is 0 Å². The first-order valence-corrected chi connectivity index (χ1v) is 12.8. The topological polar surface area (TPSA) is 64.7 Å². The smallest absolute Gasteiger partial charge is 0.226 e. The van der Waals surface area contributed by atoms with Gasteiger partial charge in [-0.3, -0.25) is 0 Å². The first-order valence-electron chi connectivity index (χ1n) is 12.8. The van der Waals surface area contributed by atoms with Gasteiger partial charge in [-0.2, -0.15) is 0 Å². The molecule has 0 fully saturated rings. The lowest BCUT2D eigenvalue weighted by Gasteiger charge is -2.27. The molecule has 194 valence electrons. The second-order valence-corrected chi connectivity index (χ2v) is 11.1. The minimum atomic E-state index is -0.330. The number of oxazole rings is 1. The highest BCUT2D eigenvalue weighted by atomic mass is 16.7. The third kappa shape index (κ3) is 6.86. The molecule has 0 radical (unpaired) electrons. The van der Waals surface area contributed by atoms with Crippen LogP contribution in [-0.2, 0) is 26.7 Å². The summed E-state index contributed by atoms with van der Waals surface area (Å²) in [5.74, 6) is 0.921. The summed E-state index contributed by atoms with van der Waals surface area (Å²) in [7, 11) is 0. The molecule has 0 aliphatic carbocycles. The average Bonchev–Trinajstić information content (AvgIpc) is 3.27. The number of benzene rings is 2. The Labute approximate surface area is 216 Å². The molecule has 36 heavy (non-hydrogen) atoms. The zero-order valence-corrected chi connectivity index (χ0v) is 23.0. The van der Waals surface area contributed by atoms with Crippen molar-refractivity contribution in [2.75, 3.05) is 13.2 Å². The molecule has 0 aliphatic heterocycles. The molecule has 0 unspecified atom stereocenters. The Kier molecular flexibility index (Phi) is 8.80. The summed E-state index contributed by atoms with van der Waals surface area (Å²) in [5.41, 5.74) is 5.21. The Morgan fingerprint density at radius 3 is 1.97 bits per heavy atom. The van der Waals surface area contributed by atoms with Crippen molar-refractivity contribution in [2.45, 2.75) is 78.9 Å². The Bertz CT molecular complexity index is 1120. The number of aromatic nitrogens is 1. The van der Waals surface area contributed by atoms with Gasteiger partial charge >= 0.3 is 0 Å². The van der Waals surface area contributed by atoms with Crippen LogP contribution in [-0.4, -0.2) is 23.3 Å². The van der Waals surface area contributed by atoms with E-state index in [2.05, 4.69) is 65.8 Å². The van der Waals surface area contributed by atoms with Crippen LogP contribution in [0.5, 0.6) is 5.75 Å². The van der Waals surface area contributed by atoms with Gasteiger partial charge in [0.15, 0.2) is 6.29 Å². The van der Waals surface area contributed by atoms with Gasteiger partial charge in [0.1, 0.15) is 12.0 Å². The second-order valence-electron chi connectivity index (χ2n) is 11.1. The maximum Gasteiger partial charge on any atom is 0.226 e. The van der Waals surface area contributed by atoms with Crippen molar-refractivity contribution in [3.8, 4) is 17.2 Å². The first-order chi connectivity index (χ1) is 16.9. The van der Waals surface area contributed by atoms with E-state index < -0.39 is 0 Å². The van der Waals surface area contributed by atoms with E-state index in [1.807, 2.05) is 38.1 Å². The van der Waals surface area contributed by atoms with E-state index in [1.165, 1.54) is 0 Å². The summed E-state index contributed by atoms with van der Waals surface area (Å²) in [6.07, 6.45) is 6.19. The van der Waals surface area contributed by atoms with Gasteiger partial charge in [0.05, 0.1) is 5.69 Å². The summed E-state index contributed by atoms with van der Waals surface area (Å²) in [5, 5.41) is 11.0. The zero-order chi connectivity index (χ0) is 26.5. The number of ether oxygens (including phenoxy) is 2. The van der Waals surface area contributed by atoms with Crippen molar-refractivity contribution >= 4 is 6.08 Å². The third-order valence-electron chi connectivity index (χ3n) is 6.01. The van der Waals surface area contributed by atoms with E-state index in [-0.39, 0.29) is 17.1 Å². The van der Waals surface area contributed by atoms with Crippen molar-refractivity contribution in [2.24, 2.45) is 0 Å². The van der Waals surface area contributed by atoms with Crippen molar-refractivity contribution in [3.05, 3.63) is 76.7 Å². The number of phenolic OH excluding ortho intramolecular Hbond substituents is 1. The van der Waals surface area contributed by atoms with Crippen LogP contribution in [0.2, 0.25) is 0 Å². The van der Waals surface area contributed by atoms with Gasteiger partial charge in [-0.15, -0.1) is 0 Å². The van der Waals surface area contributed by atoms with Gasteiger partial charge in [0.2, 0.25) is 5.89 Å². The lowest BCUT2D eigenvalue weighted by atomic mass is 9.78. The summed E-state index contributed by atoms with van der Waals surface area (Å²) < 4.78 is 17.2. The molecule has 0 atom stereocenters. The SMILES string of the molecule is CCOC(OCC)c1ccc(/C=C/Cc2coc(-c3cc(C(C)(C)C)c(O)c(C(C)(C)C)c3)n2)cc1. The van der Waals surface area contributed by atoms with Crippen LogP contribution >= 0.6 is 0 Å². The van der Waals surface area contributed by atoms with Gasteiger partial charge in [0.25, 0.3) is 0 Å². The van der Waals surface area contributed by atoms with Gasteiger partial charge in [-0.05, 0) is 42.4 Å². The Balaban J connectivity index is 1.77. The second kappa shape index (κ2) is 11.4. The lowest BCUT2D eigenvalue weighted by molar-refractivity contribution is -0.140. The number of hydrogen-bond acceptors (Lipinski definition) is 5. The van der Waals surface area contributed by atoms with Crippen LogP contribution in [0.15, 0.2) is 53.2 Å². The van der Waals surface area contributed by atoms with E-state index in [9.17, 15) is 5.11 Å². The summed E-state index contributed by atoms with van der Waals surface area (Å²) in [4.78, 5) is 4.73. The minimum Gasteiger partial charge on any atom is -0.507 e. The molecular weight excluding hydrogens is 450 g/mol. The van der Waals surface area contributed by atoms with Gasteiger partial charge < -0.3 is 19.0 Å². The maximum absolute atomic E-state index is 11.0. The molecular formula is C31H41NO4. The largest absolute Gasteiger partial charge is 0.507 e. The molecule has 0 saturated heterocycles. The molecule has 3 rings (SSSR count). The molecule has 5 nitrogen and oxygen atoms in total. The van der Waals surface area contributed by atoms with E-state index in [4.69, 9.17) is 18.9 Å². The number of nitrogens with zero attached hydrogens (tertiary/aromatic N) is 1. The summed E-state index contributed by atoms with van der Waals surface area (Å²) >= 11 is 0. The molecule has 2 aromatic carbocycles. The van der Waals surface area contributed by atoms with Gasteiger partial charge in [-0.1, -0.05) is 78.0 Å². The fourth-order valence-corrected chi connectivity index (χ4v) is 4.06. The molecule has 1 aromatic heterocycles. The van der Waals surface area contributed by atoms with E-state index in [1.54, 1.807) is 6.26 Å². The predicted molar refractivity (Wildman–Crippen MR) is 146 cm³/mol. The Morgan fingerprint density at radius 2 is 1.47 bits per heavy atom. The van der Waals surface area contributed by atoms with Crippen LogP contribution in [0.4, 0.5) is 0 Å². The number of allylic oxidation sites excluding steroid dienone is 1. The number of hydrogen-bond donors (Lipinski definition) is 1. The Morgan fingerprint density at radius 1 is 0.917 bits per heavy atom. The Hall–Kier alpha value is -2.89. The van der Waals surface area contributed by atoms with Crippen molar-refractivity contribution in [1.82, 2.24) is 4.98 Å². The average molecular weight is 492 g/mol. The molecule has 1 N–H and O–H groups in total. The number of phenols is 1. The molecule has 0 bridgehead atoms. The molecule has 3 aromatic rings. The van der Waals surface area contributed by atoms with Gasteiger partial charge in [0, 0.05) is 41.9 Å². The van der Waals surface area contributed by atoms with Crippen LogP contribution in [0.3, 0.4) is 0 Å². The predicted octanol–water partition coefficient (Wildman–Crippen LogP) is 7.97. The summed E-state index contributed by atoms with van der Waals surface area (Å²) in [6, 6.07) is 12.2. The monoisotopic (exact) mass is 491 g/mol. The molecule has 0 spiro atoms. The molecule has 0 amide bonds. The van der Waals surface area contributed by atoms with Crippen LogP contribution in [0.1, 0.15) is 89.6 Å². The first kappa shape index (κ1) is 27.7. The number of rotatable bonds is 9. The number of aromatic hydroxyl groups is 1. The standard InChI is InChI=1S/C31H41NO4/c1-9-34-29(35-10-2)22-16-14-21(15-17-22)12-11-13-24-20-36-28(32-24)23-18-25(30(3,4)5)27(33)26(19-23)31(6,7)8/h11-12,14-20,29,33H,9-10,13H2,1-8H3/b12-11+. The zero-order valence-electron chi connectivity index (χ0n) is 23.0. The highest BCUT2D eigenvalue weighted by Crippen LogP contribution is 2.41. The lowest BCUT2D eigenvalue weighted by Crippen LogP contribution is -2.17. The molecule has 0 aliphatic rings. The molecule has 5 heteroatoms. The van der Waals surface area contributed by atoms with E-state index in [0.717, 1.165) is 33.5 Å². The van der Waals surface area contributed by atoms with Crippen molar-refractivity contribution in [1.29, 1.82) is 0 Å². The summed E-state index contributed by atoms with van der Waals surface area (Å²) in [6.45, 7) is 17.7. The fraction of sp³-hybridized carbons (Fsp3) is 0.452. The van der Waals surface area contributed by atoms with Crippen molar-refractivity contribution < 1.29 is 19.0 Å². The molecule has 1 heterocycles. The highest BCUT2D eigenvalue weighted by Gasteiger charge is 2.27. The fourth-order valence-electron chi connectivity index (χ4n) is 4.06. The molecule has 0 saturated carbocycles.